The van der Waals surface area contributed by atoms with E-state index in [0.717, 1.165) is 6.42 Å². The summed E-state index contributed by atoms with van der Waals surface area (Å²) in [5.74, 6) is -0.308. The molecule has 0 saturated heterocycles. The van der Waals surface area contributed by atoms with Gasteiger partial charge in [-0.25, -0.2) is 4.39 Å². The molecule has 2 aromatic rings. The zero-order valence-electron chi connectivity index (χ0n) is 10.9. The van der Waals surface area contributed by atoms with E-state index in [2.05, 4.69) is 17.4 Å². The molecule has 19 heavy (non-hydrogen) atoms. The number of hydrogen-bond donors (Lipinski definition) is 1. The first-order chi connectivity index (χ1) is 9.20. The molecule has 0 spiro atoms. The van der Waals surface area contributed by atoms with Gasteiger partial charge in [0.25, 0.3) is 0 Å². The van der Waals surface area contributed by atoms with E-state index in [0.29, 0.717) is 12.0 Å². The van der Waals surface area contributed by atoms with Crippen LogP contribution >= 0.6 is 11.6 Å². The monoisotopic (exact) mass is 277 g/mol. The summed E-state index contributed by atoms with van der Waals surface area (Å²) < 4.78 is 13.9. The highest BCUT2D eigenvalue weighted by Gasteiger charge is 2.13. The van der Waals surface area contributed by atoms with Gasteiger partial charge in [-0.3, -0.25) is 0 Å². The van der Waals surface area contributed by atoms with Gasteiger partial charge in [0, 0.05) is 6.04 Å². The summed E-state index contributed by atoms with van der Waals surface area (Å²) in [6.45, 7) is 0. The van der Waals surface area contributed by atoms with Crippen molar-refractivity contribution >= 4 is 11.6 Å². The summed E-state index contributed by atoms with van der Waals surface area (Å²) in [6, 6.07) is 15.5. The molecule has 100 valence electrons. The third kappa shape index (κ3) is 3.79. The molecule has 0 saturated carbocycles. The SMILES string of the molecule is CNC(Cc1ccccc1)Cc1cccc(Cl)c1F. The lowest BCUT2D eigenvalue weighted by molar-refractivity contribution is 0.532. The highest BCUT2D eigenvalue weighted by molar-refractivity contribution is 6.30. The van der Waals surface area contributed by atoms with Crippen LogP contribution in [0.1, 0.15) is 11.1 Å². The van der Waals surface area contributed by atoms with Gasteiger partial charge in [0.1, 0.15) is 5.82 Å². The Morgan fingerprint density at radius 1 is 1.05 bits per heavy atom. The minimum Gasteiger partial charge on any atom is -0.316 e. The molecule has 1 nitrogen and oxygen atoms in total. The quantitative estimate of drug-likeness (QED) is 0.875. The van der Waals surface area contributed by atoms with Gasteiger partial charge in [-0.2, -0.15) is 0 Å². The molecule has 0 amide bonds. The van der Waals surface area contributed by atoms with E-state index in [1.807, 2.05) is 25.2 Å². The summed E-state index contributed by atoms with van der Waals surface area (Å²) in [7, 11) is 1.90. The minimum absolute atomic E-state index is 0.187. The van der Waals surface area contributed by atoms with Crippen molar-refractivity contribution in [1.82, 2.24) is 5.32 Å². The molecule has 0 aliphatic rings. The number of halogens is 2. The Morgan fingerprint density at radius 3 is 2.47 bits per heavy atom. The molecule has 1 atom stereocenters. The van der Waals surface area contributed by atoms with Crippen LogP contribution < -0.4 is 5.32 Å². The van der Waals surface area contributed by atoms with Crippen LogP contribution in [0.4, 0.5) is 4.39 Å². The van der Waals surface area contributed by atoms with Gasteiger partial charge in [-0.05, 0) is 37.1 Å². The lowest BCUT2D eigenvalue weighted by Gasteiger charge is -2.17. The molecule has 2 rings (SSSR count). The normalized spacial score (nSPS) is 12.4. The maximum atomic E-state index is 13.9. The van der Waals surface area contributed by atoms with Gasteiger partial charge >= 0.3 is 0 Å². The second kappa shape index (κ2) is 6.69. The standard InChI is InChI=1S/C16H17ClFN/c1-19-14(10-12-6-3-2-4-7-12)11-13-8-5-9-15(17)16(13)18/h2-9,14,19H,10-11H2,1H3. The van der Waals surface area contributed by atoms with E-state index in [4.69, 9.17) is 11.6 Å². The summed E-state index contributed by atoms with van der Waals surface area (Å²) in [4.78, 5) is 0. The van der Waals surface area contributed by atoms with E-state index in [1.165, 1.54) is 5.56 Å². The van der Waals surface area contributed by atoms with Crippen molar-refractivity contribution < 1.29 is 4.39 Å². The Balaban J connectivity index is 2.09. The zero-order chi connectivity index (χ0) is 13.7. The van der Waals surface area contributed by atoms with E-state index >= 15 is 0 Å². The highest BCUT2D eigenvalue weighted by atomic mass is 35.5. The molecule has 1 N–H and O–H groups in total. The molecule has 0 radical (unpaired) electrons. The maximum absolute atomic E-state index is 13.9. The Bertz CT molecular complexity index is 528. The Kier molecular flexibility index (Phi) is 4.94. The number of nitrogens with one attached hydrogen (secondary N) is 1. The van der Waals surface area contributed by atoms with Crippen molar-refractivity contribution in [3.8, 4) is 0 Å². The first-order valence-corrected chi connectivity index (χ1v) is 6.72. The second-order valence-corrected chi connectivity index (χ2v) is 5.00. The highest BCUT2D eigenvalue weighted by Crippen LogP contribution is 2.19. The Hall–Kier alpha value is -1.38. The first kappa shape index (κ1) is 14.0. The fourth-order valence-corrected chi connectivity index (χ4v) is 2.34. The Morgan fingerprint density at radius 2 is 1.79 bits per heavy atom. The molecule has 1 unspecified atom stereocenters. The van der Waals surface area contributed by atoms with Gasteiger partial charge in [0.2, 0.25) is 0 Å². The van der Waals surface area contributed by atoms with Crippen LogP contribution in [0.2, 0.25) is 5.02 Å². The smallest absolute Gasteiger partial charge is 0.145 e. The molecule has 0 aliphatic carbocycles. The third-order valence-electron chi connectivity index (χ3n) is 3.23. The third-order valence-corrected chi connectivity index (χ3v) is 3.52. The molecule has 2 aromatic carbocycles. The average Bonchev–Trinajstić information content (AvgIpc) is 2.44. The topological polar surface area (TPSA) is 12.0 Å². The molecule has 0 aliphatic heterocycles. The zero-order valence-corrected chi connectivity index (χ0v) is 11.6. The van der Waals surface area contributed by atoms with Crippen molar-refractivity contribution in [2.45, 2.75) is 18.9 Å². The average molecular weight is 278 g/mol. The predicted octanol–water partition coefficient (Wildman–Crippen LogP) is 3.85. The molecule has 3 heteroatoms. The fraction of sp³-hybridized carbons (Fsp3) is 0.250. The van der Waals surface area contributed by atoms with Crippen molar-refractivity contribution in [2.24, 2.45) is 0 Å². The van der Waals surface area contributed by atoms with E-state index < -0.39 is 0 Å². The van der Waals surface area contributed by atoms with Gasteiger partial charge in [0.05, 0.1) is 5.02 Å². The van der Waals surface area contributed by atoms with Crippen LogP contribution in [0.5, 0.6) is 0 Å². The van der Waals surface area contributed by atoms with Gasteiger partial charge in [-0.15, -0.1) is 0 Å². The molecule has 0 heterocycles. The van der Waals surface area contributed by atoms with Crippen molar-refractivity contribution in [3.05, 3.63) is 70.5 Å². The summed E-state index contributed by atoms with van der Waals surface area (Å²) in [6.07, 6.45) is 1.49. The van der Waals surface area contributed by atoms with E-state index in [-0.39, 0.29) is 16.9 Å². The number of likely N-dealkylation sites (N-methyl/N-ethyl adjacent to an activating group) is 1. The lowest BCUT2D eigenvalue weighted by atomic mass is 9.99. The van der Waals surface area contributed by atoms with Crippen LogP contribution in [0.25, 0.3) is 0 Å². The van der Waals surface area contributed by atoms with Crippen LogP contribution in [0, 0.1) is 5.82 Å². The summed E-state index contributed by atoms with van der Waals surface area (Å²) in [5, 5.41) is 3.42. The fourth-order valence-electron chi connectivity index (χ4n) is 2.15. The lowest BCUT2D eigenvalue weighted by Crippen LogP contribution is -2.30. The molecule has 0 fully saturated rings. The minimum atomic E-state index is -0.308. The Labute approximate surface area is 118 Å². The first-order valence-electron chi connectivity index (χ1n) is 6.34. The van der Waals surface area contributed by atoms with Crippen LogP contribution in [0.15, 0.2) is 48.5 Å². The number of hydrogen-bond acceptors (Lipinski definition) is 1. The van der Waals surface area contributed by atoms with Crippen LogP contribution in [-0.2, 0) is 12.8 Å². The van der Waals surface area contributed by atoms with Crippen LogP contribution in [0.3, 0.4) is 0 Å². The summed E-state index contributed by atoms with van der Waals surface area (Å²) >= 11 is 5.81. The van der Waals surface area contributed by atoms with Crippen molar-refractivity contribution in [2.75, 3.05) is 7.05 Å². The van der Waals surface area contributed by atoms with Crippen molar-refractivity contribution in [1.29, 1.82) is 0 Å². The molecule has 0 aromatic heterocycles. The van der Waals surface area contributed by atoms with Gasteiger partial charge in [0.15, 0.2) is 0 Å². The summed E-state index contributed by atoms with van der Waals surface area (Å²) in [5.41, 5.74) is 1.90. The molecule has 0 bridgehead atoms. The maximum Gasteiger partial charge on any atom is 0.145 e. The van der Waals surface area contributed by atoms with E-state index in [9.17, 15) is 4.39 Å². The van der Waals surface area contributed by atoms with Gasteiger partial charge in [-0.1, -0.05) is 54.1 Å². The van der Waals surface area contributed by atoms with Gasteiger partial charge < -0.3 is 5.32 Å². The largest absolute Gasteiger partial charge is 0.316 e. The number of benzene rings is 2. The molecular formula is C16H17ClFN. The number of rotatable bonds is 5. The second-order valence-electron chi connectivity index (χ2n) is 4.59. The predicted molar refractivity (Wildman–Crippen MR) is 78.1 cm³/mol. The van der Waals surface area contributed by atoms with E-state index in [1.54, 1.807) is 18.2 Å². The van der Waals surface area contributed by atoms with Crippen LogP contribution in [-0.4, -0.2) is 13.1 Å². The molecular weight excluding hydrogens is 261 g/mol. The van der Waals surface area contributed by atoms with Crippen molar-refractivity contribution in [3.63, 3.8) is 0 Å².